The average molecular weight is 235 g/mol. The molecule has 0 spiro atoms. The van der Waals surface area contributed by atoms with Crippen LogP contribution in [0.15, 0.2) is 0 Å². The number of hydrogen-bond acceptors (Lipinski definition) is 3. The Hall–Kier alpha value is -0.590. The first-order chi connectivity index (χ1) is 8.17. The zero-order valence-electron chi connectivity index (χ0n) is 11.2. The van der Waals surface area contributed by atoms with Crippen molar-refractivity contribution < 1.29 is 0 Å². The Morgan fingerprint density at radius 2 is 2.00 bits per heavy atom. The number of nitrogens with zero attached hydrogens (tertiary/aromatic N) is 2. The van der Waals surface area contributed by atoms with Crippen LogP contribution in [0.2, 0.25) is 0 Å². The van der Waals surface area contributed by atoms with E-state index in [0.717, 1.165) is 19.0 Å². The predicted octanol–water partition coefficient (Wildman–Crippen LogP) is 2.29. The summed E-state index contributed by atoms with van der Waals surface area (Å²) >= 11 is 0. The Morgan fingerprint density at radius 1 is 1.29 bits per heavy atom. The molecule has 0 aromatic rings. The summed E-state index contributed by atoms with van der Waals surface area (Å²) in [6.45, 7) is 6.56. The maximum Gasteiger partial charge on any atom is 0.105 e. The molecule has 17 heavy (non-hydrogen) atoms. The van der Waals surface area contributed by atoms with Crippen LogP contribution in [0.3, 0.4) is 0 Å². The van der Waals surface area contributed by atoms with Crippen molar-refractivity contribution in [1.29, 1.82) is 5.26 Å². The molecule has 2 aliphatic rings. The maximum absolute atomic E-state index is 9.33. The summed E-state index contributed by atoms with van der Waals surface area (Å²) < 4.78 is 0. The molecule has 96 valence electrons. The van der Waals surface area contributed by atoms with Crippen LogP contribution >= 0.6 is 0 Å². The van der Waals surface area contributed by atoms with E-state index in [-0.39, 0.29) is 5.54 Å². The highest BCUT2D eigenvalue weighted by atomic mass is 15.2. The standard InChI is InChI=1S/C14H25N3/c1-3-9-17(13-6-7-13)10-8-14(2,11-15)16-12-4-5-12/h12-13,16H,3-10H2,1-2H3. The van der Waals surface area contributed by atoms with Crippen molar-refractivity contribution in [2.75, 3.05) is 13.1 Å². The number of hydrogen-bond donors (Lipinski definition) is 1. The Morgan fingerprint density at radius 3 is 2.47 bits per heavy atom. The first kappa shape index (κ1) is 12.9. The SMILES string of the molecule is CCCN(CCC(C)(C#N)NC1CC1)C1CC1. The molecule has 0 radical (unpaired) electrons. The van der Waals surface area contributed by atoms with Crippen molar-refractivity contribution in [2.24, 2.45) is 0 Å². The fourth-order valence-corrected chi connectivity index (χ4v) is 2.41. The topological polar surface area (TPSA) is 39.1 Å². The molecule has 2 aliphatic carbocycles. The first-order valence-electron chi connectivity index (χ1n) is 7.10. The summed E-state index contributed by atoms with van der Waals surface area (Å²) in [5, 5.41) is 12.8. The molecule has 0 saturated heterocycles. The molecule has 2 rings (SSSR count). The van der Waals surface area contributed by atoms with Crippen molar-refractivity contribution in [3.05, 3.63) is 0 Å². The van der Waals surface area contributed by atoms with Crippen LogP contribution in [-0.2, 0) is 0 Å². The van der Waals surface area contributed by atoms with Gasteiger partial charge in [0.05, 0.1) is 6.07 Å². The Labute approximate surface area is 105 Å². The van der Waals surface area contributed by atoms with Gasteiger partial charge in [0.1, 0.15) is 5.54 Å². The Balaban J connectivity index is 1.78. The van der Waals surface area contributed by atoms with E-state index in [1.807, 2.05) is 0 Å². The Kier molecular flexibility index (Phi) is 4.06. The lowest BCUT2D eigenvalue weighted by atomic mass is 9.99. The van der Waals surface area contributed by atoms with E-state index >= 15 is 0 Å². The lowest BCUT2D eigenvalue weighted by Crippen LogP contribution is -2.45. The van der Waals surface area contributed by atoms with E-state index in [9.17, 15) is 5.26 Å². The highest BCUT2D eigenvalue weighted by molar-refractivity contribution is 5.07. The van der Waals surface area contributed by atoms with Gasteiger partial charge >= 0.3 is 0 Å². The summed E-state index contributed by atoms with van der Waals surface area (Å²) in [7, 11) is 0. The van der Waals surface area contributed by atoms with Gasteiger partial charge < -0.3 is 4.90 Å². The fourth-order valence-electron chi connectivity index (χ4n) is 2.41. The zero-order valence-corrected chi connectivity index (χ0v) is 11.2. The van der Waals surface area contributed by atoms with Crippen molar-refractivity contribution in [3.8, 4) is 6.07 Å². The second kappa shape index (κ2) is 5.37. The van der Waals surface area contributed by atoms with Crippen LogP contribution in [0.25, 0.3) is 0 Å². The second-order valence-corrected chi connectivity index (χ2v) is 5.88. The molecule has 0 aromatic heterocycles. The normalized spacial score (nSPS) is 23.4. The molecule has 2 saturated carbocycles. The van der Waals surface area contributed by atoms with E-state index in [0.29, 0.717) is 6.04 Å². The van der Waals surface area contributed by atoms with Crippen LogP contribution in [0.4, 0.5) is 0 Å². The number of nitrogens with one attached hydrogen (secondary N) is 1. The predicted molar refractivity (Wildman–Crippen MR) is 69.7 cm³/mol. The minimum atomic E-state index is -0.317. The van der Waals surface area contributed by atoms with Crippen molar-refractivity contribution in [2.45, 2.75) is 70.0 Å². The van der Waals surface area contributed by atoms with Gasteiger partial charge in [-0.15, -0.1) is 0 Å². The molecule has 1 atom stereocenters. The van der Waals surface area contributed by atoms with Gasteiger partial charge in [-0.2, -0.15) is 5.26 Å². The van der Waals surface area contributed by atoms with Gasteiger partial charge in [-0.25, -0.2) is 0 Å². The Bertz CT molecular complexity index is 288. The molecule has 0 heterocycles. The molecular formula is C14H25N3. The minimum Gasteiger partial charge on any atom is -0.300 e. The number of rotatable bonds is 8. The smallest absolute Gasteiger partial charge is 0.105 e. The third kappa shape index (κ3) is 3.97. The van der Waals surface area contributed by atoms with E-state index in [4.69, 9.17) is 0 Å². The molecular weight excluding hydrogens is 210 g/mol. The van der Waals surface area contributed by atoms with Crippen LogP contribution in [0.1, 0.15) is 52.4 Å². The quantitative estimate of drug-likeness (QED) is 0.701. The monoisotopic (exact) mass is 235 g/mol. The van der Waals surface area contributed by atoms with E-state index in [1.165, 1.54) is 38.6 Å². The molecule has 0 aromatic carbocycles. The van der Waals surface area contributed by atoms with Gasteiger partial charge in [0.25, 0.3) is 0 Å². The zero-order chi connectivity index (χ0) is 12.3. The van der Waals surface area contributed by atoms with Gasteiger partial charge in [-0.05, 0) is 52.0 Å². The molecule has 1 unspecified atom stereocenters. The largest absolute Gasteiger partial charge is 0.300 e. The second-order valence-electron chi connectivity index (χ2n) is 5.88. The molecule has 0 amide bonds. The summed E-state index contributed by atoms with van der Waals surface area (Å²) in [4.78, 5) is 2.57. The molecule has 0 aliphatic heterocycles. The lowest BCUT2D eigenvalue weighted by molar-refractivity contribution is 0.235. The van der Waals surface area contributed by atoms with Crippen LogP contribution < -0.4 is 5.32 Å². The van der Waals surface area contributed by atoms with Gasteiger partial charge in [-0.3, -0.25) is 5.32 Å². The average Bonchev–Trinajstić information content (AvgIpc) is 3.16. The molecule has 3 nitrogen and oxygen atoms in total. The molecule has 3 heteroatoms. The van der Waals surface area contributed by atoms with Crippen LogP contribution in [0, 0.1) is 11.3 Å². The van der Waals surface area contributed by atoms with Crippen LogP contribution in [0.5, 0.6) is 0 Å². The van der Waals surface area contributed by atoms with Crippen molar-refractivity contribution in [3.63, 3.8) is 0 Å². The summed E-state index contributed by atoms with van der Waals surface area (Å²) in [5.41, 5.74) is -0.317. The van der Waals surface area contributed by atoms with Gasteiger partial charge in [0.2, 0.25) is 0 Å². The summed E-state index contributed by atoms with van der Waals surface area (Å²) in [6, 6.07) is 3.90. The van der Waals surface area contributed by atoms with Gasteiger partial charge in [0, 0.05) is 18.6 Å². The van der Waals surface area contributed by atoms with Gasteiger partial charge in [0.15, 0.2) is 0 Å². The van der Waals surface area contributed by atoms with E-state index in [1.54, 1.807) is 0 Å². The minimum absolute atomic E-state index is 0.317. The highest BCUT2D eigenvalue weighted by Crippen LogP contribution is 2.29. The molecule has 2 fully saturated rings. The fraction of sp³-hybridized carbons (Fsp3) is 0.929. The third-order valence-corrected chi connectivity index (χ3v) is 3.82. The van der Waals surface area contributed by atoms with Gasteiger partial charge in [-0.1, -0.05) is 6.92 Å². The van der Waals surface area contributed by atoms with Crippen molar-refractivity contribution in [1.82, 2.24) is 10.2 Å². The summed E-state index contributed by atoms with van der Waals surface area (Å²) in [5.74, 6) is 0. The van der Waals surface area contributed by atoms with E-state index in [2.05, 4.69) is 30.1 Å². The van der Waals surface area contributed by atoms with Crippen molar-refractivity contribution >= 4 is 0 Å². The highest BCUT2D eigenvalue weighted by Gasteiger charge is 2.34. The maximum atomic E-state index is 9.33. The number of nitriles is 1. The first-order valence-corrected chi connectivity index (χ1v) is 7.10. The van der Waals surface area contributed by atoms with Crippen LogP contribution in [-0.4, -0.2) is 35.6 Å². The third-order valence-electron chi connectivity index (χ3n) is 3.82. The lowest BCUT2D eigenvalue weighted by Gasteiger charge is -2.28. The molecule has 1 N–H and O–H groups in total. The summed E-state index contributed by atoms with van der Waals surface area (Å²) in [6.07, 6.45) is 7.39. The van der Waals surface area contributed by atoms with E-state index < -0.39 is 0 Å². The molecule has 0 bridgehead atoms.